The van der Waals surface area contributed by atoms with Crippen LogP contribution >= 0.6 is 0 Å². The number of ether oxygens (including phenoxy) is 2. The monoisotopic (exact) mass is 474 g/mol. The molecular weight excluding hydrogens is 442 g/mol. The number of morpholine rings is 1. The molecule has 0 saturated carbocycles. The summed E-state index contributed by atoms with van der Waals surface area (Å²) in [6.45, 7) is 7.08. The molecule has 2 aliphatic rings. The van der Waals surface area contributed by atoms with Crippen LogP contribution in [-0.2, 0) is 4.74 Å². The Morgan fingerprint density at radius 2 is 2.00 bits per heavy atom. The predicted molar refractivity (Wildman–Crippen MR) is 128 cm³/mol. The van der Waals surface area contributed by atoms with Gasteiger partial charge in [-0.25, -0.2) is 8.78 Å². The number of halogens is 2. The first-order valence-electron chi connectivity index (χ1n) is 11.6. The fourth-order valence-electron chi connectivity index (χ4n) is 4.61. The van der Waals surface area contributed by atoms with Crippen LogP contribution in [0.3, 0.4) is 0 Å². The van der Waals surface area contributed by atoms with Gasteiger partial charge in [-0.05, 0) is 57.1 Å². The second-order valence-corrected chi connectivity index (χ2v) is 8.83. The molecule has 184 valence electrons. The Balaban J connectivity index is 1.69. The molecule has 0 bridgehead atoms. The van der Waals surface area contributed by atoms with Crippen LogP contribution in [0.15, 0.2) is 18.2 Å². The van der Waals surface area contributed by atoms with E-state index in [0.29, 0.717) is 74.3 Å². The number of likely N-dealkylation sites (tertiary alicyclic amines) is 1. The third-order valence-corrected chi connectivity index (χ3v) is 6.32. The molecule has 10 heteroatoms. The normalized spacial score (nSPS) is 20.7. The van der Waals surface area contributed by atoms with Crippen molar-refractivity contribution >= 4 is 23.5 Å². The Labute approximate surface area is 198 Å². The third-order valence-electron chi connectivity index (χ3n) is 6.32. The molecule has 0 aliphatic carbocycles. The minimum absolute atomic E-state index is 0.236. The van der Waals surface area contributed by atoms with Crippen molar-refractivity contribution in [2.75, 3.05) is 63.3 Å². The van der Waals surface area contributed by atoms with E-state index in [1.807, 2.05) is 19.9 Å². The van der Waals surface area contributed by atoms with Gasteiger partial charge in [-0.2, -0.15) is 9.97 Å². The molecular formula is C24H32F2N6O2. The van der Waals surface area contributed by atoms with Gasteiger partial charge in [0.15, 0.2) is 0 Å². The van der Waals surface area contributed by atoms with Gasteiger partial charge in [0.1, 0.15) is 11.6 Å². The minimum atomic E-state index is -2.83. The molecule has 34 heavy (non-hydrogen) atoms. The van der Waals surface area contributed by atoms with Gasteiger partial charge in [-0.15, -0.1) is 0 Å². The molecule has 1 atom stereocenters. The van der Waals surface area contributed by atoms with Gasteiger partial charge in [0, 0.05) is 36.6 Å². The highest BCUT2D eigenvalue weighted by molar-refractivity contribution is 5.88. The maximum Gasteiger partial charge on any atom is 0.320 e. The van der Waals surface area contributed by atoms with Crippen molar-refractivity contribution in [3.63, 3.8) is 0 Å². The molecule has 2 N–H and O–H groups in total. The zero-order chi connectivity index (χ0) is 24.3. The van der Waals surface area contributed by atoms with E-state index in [-0.39, 0.29) is 12.6 Å². The predicted octanol–water partition coefficient (Wildman–Crippen LogP) is 3.82. The molecule has 2 aromatic rings. The zero-order valence-electron chi connectivity index (χ0n) is 19.9. The van der Waals surface area contributed by atoms with Crippen LogP contribution in [0, 0.1) is 12.3 Å². The number of piperidine rings is 1. The molecule has 0 spiro atoms. The zero-order valence-corrected chi connectivity index (χ0v) is 19.9. The first-order chi connectivity index (χ1) is 16.3. The molecule has 4 rings (SSSR count). The van der Waals surface area contributed by atoms with Gasteiger partial charge in [-0.3, -0.25) is 0 Å². The number of nitrogens with one attached hydrogen (secondary N) is 2. The van der Waals surface area contributed by atoms with E-state index in [1.54, 1.807) is 24.1 Å². The summed E-state index contributed by atoms with van der Waals surface area (Å²) in [5.74, 6) is -2.53. The molecule has 1 unspecified atom stereocenters. The Morgan fingerprint density at radius 1 is 1.24 bits per heavy atom. The molecule has 1 aromatic carbocycles. The van der Waals surface area contributed by atoms with Crippen LogP contribution < -0.4 is 15.0 Å². The highest BCUT2D eigenvalue weighted by atomic mass is 19.3. The Bertz CT molecular complexity index is 1030. The van der Waals surface area contributed by atoms with Crippen molar-refractivity contribution in [3.05, 3.63) is 34.9 Å². The molecule has 8 nitrogen and oxygen atoms in total. The SMILES string of the molecule is CCOc1nc(Nc2cc(C3CCN(C)CC3(F)F)c(C)cc2C=N)cc(N2CCOCC2)n1. The van der Waals surface area contributed by atoms with E-state index in [1.165, 1.54) is 6.21 Å². The van der Waals surface area contributed by atoms with Gasteiger partial charge < -0.3 is 30.0 Å². The van der Waals surface area contributed by atoms with Crippen molar-refractivity contribution in [3.8, 4) is 6.01 Å². The van der Waals surface area contributed by atoms with E-state index < -0.39 is 11.8 Å². The van der Waals surface area contributed by atoms with E-state index >= 15 is 0 Å². The van der Waals surface area contributed by atoms with Gasteiger partial charge in [-0.1, -0.05) is 0 Å². The lowest BCUT2D eigenvalue weighted by atomic mass is 9.83. The molecule has 2 fully saturated rings. The van der Waals surface area contributed by atoms with Crippen molar-refractivity contribution in [1.82, 2.24) is 14.9 Å². The standard InChI is InChI=1S/C24H32F2N6O2/c1-4-34-23-29-21(13-22(30-23)32-7-9-33-10-8-32)28-20-12-18(16(2)11-17(20)14-27)19-5-6-31(3)15-24(19,25)26/h11-14,19,27H,4-10,15H2,1-3H3,(H,28,29,30). The average molecular weight is 475 g/mol. The van der Waals surface area contributed by atoms with Crippen LogP contribution in [0.5, 0.6) is 6.01 Å². The van der Waals surface area contributed by atoms with E-state index in [2.05, 4.69) is 20.2 Å². The second-order valence-electron chi connectivity index (χ2n) is 8.83. The van der Waals surface area contributed by atoms with Crippen molar-refractivity contribution in [2.45, 2.75) is 32.1 Å². The largest absolute Gasteiger partial charge is 0.464 e. The number of anilines is 3. The number of alkyl halides is 2. The molecule has 3 heterocycles. The summed E-state index contributed by atoms with van der Waals surface area (Å²) in [6.07, 6.45) is 1.59. The highest BCUT2D eigenvalue weighted by Crippen LogP contribution is 2.42. The average Bonchev–Trinajstić information content (AvgIpc) is 2.80. The first-order valence-corrected chi connectivity index (χ1v) is 11.6. The van der Waals surface area contributed by atoms with Crippen molar-refractivity contribution < 1.29 is 18.3 Å². The van der Waals surface area contributed by atoms with Gasteiger partial charge >= 0.3 is 6.01 Å². The number of hydrogen-bond donors (Lipinski definition) is 2. The van der Waals surface area contributed by atoms with E-state index in [9.17, 15) is 8.78 Å². The molecule has 0 amide bonds. The van der Waals surface area contributed by atoms with Crippen molar-refractivity contribution in [2.24, 2.45) is 0 Å². The Kier molecular flexibility index (Phi) is 7.27. The topological polar surface area (TPSA) is 86.6 Å². The van der Waals surface area contributed by atoms with E-state index in [4.69, 9.17) is 14.9 Å². The molecule has 1 aromatic heterocycles. The number of rotatable bonds is 7. The summed E-state index contributed by atoms with van der Waals surface area (Å²) in [6, 6.07) is 5.58. The summed E-state index contributed by atoms with van der Waals surface area (Å²) < 4.78 is 40.9. The summed E-state index contributed by atoms with van der Waals surface area (Å²) in [5, 5.41) is 11.1. The fraction of sp³-hybridized carbons (Fsp3) is 0.542. The highest BCUT2D eigenvalue weighted by Gasteiger charge is 2.45. The first kappa shape index (κ1) is 24.3. The number of aryl methyl sites for hydroxylation is 1. The summed E-state index contributed by atoms with van der Waals surface area (Å²) >= 11 is 0. The Morgan fingerprint density at radius 3 is 2.68 bits per heavy atom. The van der Waals surface area contributed by atoms with Gasteiger partial charge in [0.25, 0.3) is 5.92 Å². The molecule has 2 saturated heterocycles. The lowest BCUT2D eigenvalue weighted by Crippen LogP contribution is -2.45. The molecule has 2 aliphatic heterocycles. The quantitative estimate of drug-likeness (QED) is 0.590. The minimum Gasteiger partial charge on any atom is -0.464 e. The van der Waals surface area contributed by atoms with Crippen LogP contribution in [0.4, 0.5) is 26.1 Å². The van der Waals surface area contributed by atoms with Crippen LogP contribution in [0.25, 0.3) is 0 Å². The number of hydrogen-bond acceptors (Lipinski definition) is 8. The van der Waals surface area contributed by atoms with Crippen LogP contribution in [-0.4, -0.2) is 80.1 Å². The van der Waals surface area contributed by atoms with E-state index in [0.717, 1.165) is 5.56 Å². The smallest absolute Gasteiger partial charge is 0.320 e. The van der Waals surface area contributed by atoms with Gasteiger partial charge in [0.2, 0.25) is 0 Å². The summed E-state index contributed by atoms with van der Waals surface area (Å²) in [7, 11) is 1.72. The number of benzene rings is 1. The maximum atomic E-state index is 15.0. The second kappa shape index (κ2) is 10.2. The third kappa shape index (κ3) is 5.28. The number of aromatic nitrogens is 2. The van der Waals surface area contributed by atoms with Gasteiger partial charge in [0.05, 0.1) is 32.3 Å². The lowest BCUT2D eigenvalue weighted by molar-refractivity contribution is -0.0766. The van der Waals surface area contributed by atoms with Crippen molar-refractivity contribution in [1.29, 1.82) is 5.41 Å². The maximum absolute atomic E-state index is 15.0. The van der Waals surface area contributed by atoms with Crippen LogP contribution in [0.2, 0.25) is 0 Å². The number of nitrogens with zero attached hydrogens (tertiary/aromatic N) is 4. The summed E-state index contributed by atoms with van der Waals surface area (Å²) in [5.41, 5.74) is 2.50. The van der Waals surface area contributed by atoms with Crippen LogP contribution in [0.1, 0.15) is 36.0 Å². The summed E-state index contributed by atoms with van der Waals surface area (Å²) in [4.78, 5) is 12.7. The Hall–Kier alpha value is -2.85. The fourth-order valence-corrected chi connectivity index (χ4v) is 4.61. The molecule has 0 radical (unpaired) electrons. The lowest BCUT2D eigenvalue weighted by Gasteiger charge is -2.37.